The molecular weight excluding hydrogens is 233 g/mol. The molecular formula is C13H14FN3O. The minimum Gasteiger partial charge on any atom is -0.397 e. The molecule has 0 saturated carbocycles. The number of nitrogens with two attached hydrogens (primary N) is 1. The Morgan fingerprint density at radius 2 is 2.17 bits per heavy atom. The summed E-state index contributed by atoms with van der Waals surface area (Å²) in [7, 11) is 1.62. The minimum atomic E-state index is -0.317. The zero-order chi connectivity index (χ0) is 13.1. The van der Waals surface area contributed by atoms with Crippen molar-refractivity contribution >= 4 is 11.6 Å². The van der Waals surface area contributed by atoms with E-state index < -0.39 is 0 Å². The first-order chi connectivity index (χ1) is 8.58. The maximum atomic E-state index is 13.5. The van der Waals surface area contributed by atoms with E-state index in [0.717, 1.165) is 0 Å². The van der Waals surface area contributed by atoms with Gasteiger partial charge in [-0.25, -0.2) is 4.39 Å². The maximum Gasteiger partial charge on any atom is 0.270 e. The lowest BCUT2D eigenvalue weighted by Gasteiger charge is -2.16. The lowest BCUT2D eigenvalue weighted by atomic mass is 10.2. The van der Waals surface area contributed by atoms with Crippen LogP contribution in [0.4, 0.5) is 10.1 Å². The first-order valence-corrected chi connectivity index (χ1v) is 5.50. The van der Waals surface area contributed by atoms with Crippen molar-refractivity contribution in [2.45, 2.75) is 6.54 Å². The molecule has 0 aliphatic heterocycles. The second kappa shape index (κ2) is 4.91. The van der Waals surface area contributed by atoms with Gasteiger partial charge in [-0.2, -0.15) is 0 Å². The maximum absolute atomic E-state index is 13.5. The average Bonchev–Trinajstić information content (AvgIpc) is 2.78. The second-order valence-electron chi connectivity index (χ2n) is 4.10. The highest BCUT2D eigenvalue weighted by Crippen LogP contribution is 2.12. The summed E-state index contributed by atoms with van der Waals surface area (Å²) in [5, 5.41) is 0. The number of halogens is 1. The van der Waals surface area contributed by atoms with E-state index >= 15 is 0 Å². The number of aromatic amines is 1. The van der Waals surface area contributed by atoms with Crippen LogP contribution in [-0.2, 0) is 6.54 Å². The molecule has 5 heteroatoms. The molecule has 1 heterocycles. The van der Waals surface area contributed by atoms with Gasteiger partial charge in [0, 0.05) is 31.0 Å². The highest BCUT2D eigenvalue weighted by atomic mass is 19.1. The fourth-order valence-corrected chi connectivity index (χ4v) is 1.69. The average molecular weight is 247 g/mol. The third-order valence-corrected chi connectivity index (χ3v) is 2.65. The number of hydrogen-bond acceptors (Lipinski definition) is 2. The van der Waals surface area contributed by atoms with Crippen molar-refractivity contribution < 1.29 is 9.18 Å². The lowest BCUT2D eigenvalue weighted by molar-refractivity contribution is 0.0779. The fourth-order valence-electron chi connectivity index (χ4n) is 1.69. The number of carbonyl (C=O) groups excluding carboxylic acids is 1. The Hall–Kier alpha value is -2.30. The van der Waals surface area contributed by atoms with Crippen molar-refractivity contribution in [1.82, 2.24) is 9.88 Å². The number of aromatic nitrogens is 1. The van der Waals surface area contributed by atoms with Crippen LogP contribution in [0, 0.1) is 5.82 Å². The molecule has 0 atom stereocenters. The van der Waals surface area contributed by atoms with Crippen molar-refractivity contribution in [3.05, 3.63) is 53.6 Å². The van der Waals surface area contributed by atoms with Gasteiger partial charge in [0.1, 0.15) is 11.5 Å². The van der Waals surface area contributed by atoms with E-state index in [9.17, 15) is 9.18 Å². The van der Waals surface area contributed by atoms with Crippen LogP contribution in [0.3, 0.4) is 0 Å². The van der Waals surface area contributed by atoms with Crippen LogP contribution >= 0.6 is 0 Å². The van der Waals surface area contributed by atoms with E-state index in [0.29, 0.717) is 16.9 Å². The number of nitrogens with one attached hydrogen (secondary N) is 1. The monoisotopic (exact) mass is 247 g/mol. The van der Waals surface area contributed by atoms with E-state index in [1.54, 1.807) is 37.5 Å². The Kier molecular flexibility index (Phi) is 3.32. The van der Waals surface area contributed by atoms with E-state index in [4.69, 9.17) is 5.73 Å². The van der Waals surface area contributed by atoms with Gasteiger partial charge in [0.15, 0.2) is 0 Å². The molecule has 0 radical (unpaired) electrons. The third-order valence-electron chi connectivity index (χ3n) is 2.65. The van der Waals surface area contributed by atoms with Gasteiger partial charge < -0.3 is 15.6 Å². The molecule has 1 aromatic heterocycles. The van der Waals surface area contributed by atoms with Crippen LogP contribution in [0.5, 0.6) is 0 Å². The molecule has 2 aromatic rings. The smallest absolute Gasteiger partial charge is 0.270 e. The SMILES string of the molecule is CN(Cc1ccccc1F)C(=O)c1cc(N)c[nH]1. The fraction of sp³-hybridized carbons (Fsp3) is 0.154. The molecule has 3 N–H and O–H groups in total. The summed E-state index contributed by atoms with van der Waals surface area (Å²) in [6, 6.07) is 7.94. The topological polar surface area (TPSA) is 62.1 Å². The summed E-state index contributed by atoms with van der Waals surface area (Å²) in [5.74, 6) is -0.543. The number of nitrogen functional groups attached to an aromatic ring is 1. The van der Waals surface area contributed by atoms with E-state index in [2.05, 4.69) is 4.98 Å². The van der Waals surface area contributed by atoms with Gasteiger partial charge in [-0.1, -0.05) is 18.2 Å². The molecule has 2 rings (SSSR count). The van der Waals surface area contributed by atoms with Gasteiger partial charge >= 0.3 is 0 Å². The molecule has 4 nitrogen and oxygen atoms in total. The zero-order valence-corrected chi connectivity index (χ0v) is 9.98. The Morgan fingerprint density at radius 1 is 1.44 bits per heavy atom. The van der Waals surface area contributed by atoms with Crippen molar-refractivity contribution in [3.63, 3.8) is 0 Å². The zero-order valence-electron chi connectivity index (χ0n) is 9.98. The quantitative estimate of drug-likeness (QED) is 0.871. The molecule has 0 aliphatic rings. The summed E-state index contributed by atoms with van der Waals surface area (Å²) in [6.45, 7) is 0.213. The molecule has 1 amide bonds. The predicted octanol–water partition coefficient (Wildman–Crippen LogP) is 2.01. The standard InChI is InChI=1S/C13H14FN3O/c1-17(8-9-4-2-3-5-11(9)14)13(18)12-6-10(15)7-16-12/h2-7,16H,8,15H2,1H3. The Balaban J connectivity index is 2.11. The number of benzene rings is 1. The summed E-state index contributed by atoms with van der Waals surface area (Å²) < 4.78 is 13.5. The molecule has 18 heavy (non-hydrogen) atoms. The number of rotatable bonds is 3. The van der Waals surface area contributed by atoms with E-state index in [1.165, 1.54) is 11.0 Å². The highest BCUT2D eigenvalue weighted by molar-refractivity contribution is 5.93. The number of H-pyrrole nitrogens is 1. The van der Waals surface area contributed by atoms with Gasteiger partial charge in [0.05, 0.1) is 0 Å². The van der Waals surface area contributed by atoms with Crippen LogP contribution in [-0.4, -0.2) is 22.8 Å². The third kappa shape index (κ3) is 2.51. The Bertz CT molecular complexity index is 565. The van der Waals surface area contributed by atoms with Crippen LogP contribution < -0.4 is 5.73 Å². The van der Waals surface area contributed by atoms with Crippen molar-refractivity contribution in [3.8, 4) is 0 Å². The van der Waals surface area contributed by atoms with E-state index in [-0.39, 0.29) is 18.3 Å². The molecule has 0 aliphatic carbocycles. The molecule has 0 unspecified atom stereocenters. The van der Waals surface area contributed by atoms with Crippen LogP contribution in [0.1, 0.15) is 16.1 Å². The summed E-state index contributed by atoms with van der Waals surface area (Å²) >= 11 is 0. The van der Waals surface area contributed by atoms with E-state index in [1.807, 2.05) is 0 Å². The number of anilines is 1. The summed E-state index contributed by atoms with van der Waals surface area (Å²) in [4.78, 5) is 16.2. The van der Waals surface area contributed by atoms with Gasteiger partial charge in [-0.3, -0.25) is 4.79 Å². The Labute approximate surface area is 104 Å². The van der Waals surface area contributed by atoms with Gasteiger partial charge in [-0.05, 0) is 12.1 Å². The normalized spacial score (nSPS) is 10.3. The molecule has 0 fully saturated rings. The van der Waals surface area contributed by atoms with Gasteiger partial charge in [0.2, 0.25) is 0 Å². The number of hydrogen-bond donors (Lipinski definition) is 2. The first kappa shape index (κ1) is 12.2. The number of nitrogens with zero attached hydrogens (tertiary/aromatic N) is 1. The molecule has 94 valence electrons. The molecule has 0 spiro atoms. The van der Waals surface area contributed by atoms with Crippen LogP contribution in [0.2, 0.25) is 0 Å². The molecule has 1 aromatic carbocycles. The van der Waals surface area contributed by atoms with Gasteiger partial charge in [-0.15, -0.1) is 0 Å². The molecule has 0 bridgehead atoms. The predicted molar refractivity (Wildman–Crippen MR) is 67.4 cm³/mol. The van der Waals surface area contributed by atoms with Gasteiger partial charge in [0.25, 0.3) is 5.91 Å². The number of amides is 1. The number of carbonyl (C=O) groups is 1. The summed E-state index contributed by atoms with van der Waals surface area (Å²) in [5.41, 5.74) is 6.90. The van der Waals surface area contributed by atoms with Crippen molar-refractivity contribution in [2.75, 3.05) is 12.8 Å². The van der Waals surface area contributed by atoms with Crippen LogP contribution in [0.15, 0.2) is 36.5 Å². The minimum absolute atomic E-state index is 0.213. The largest absolute Gasteiger partial charge is 0.397 e. The first-order valence-electron chi connectivity index (χ1n) is 5.50. The highest BCUT2D eigenvalue weighted by Gasteiger charge is 2.14. The lowest BCUT2D eigenvalue weighted by Crippen LogP contribution is -2.26. The Morgan fingerprint density at radius 3 is 2.78 bits per heavy atom. The molecule has 0 saturated heterocycles. The summed E-state index contributed by atoms with van der Waals surface area (Å²) in [6.07, 6.45) is 1.55. The second-order valence-corrected chi connectivity index (χ2v) is 4.10. The van der Waals surface area contributed by atoms with Crippen molar-refractivity contribution in [2.24, 2.45) is 0 Å². The van der Waals surface area contributed by atoms with Crippen molar-refractivity contribution in [1.29, 1.82) is 0 Å². The van der Waals surface area contributed by atoms with Crippen LogP contribution in [0.25, 0.3) is 0 Å².